The molecule has 0 atom stereocenters. The quantitative estimate of drug-likeness (QED) is 0.404. The number of carbonyl (C=O) groups excluding carboxylic acids is 1. The van der Waals surface area contributed by atoms with Crippen molar-refractivity contribution in [3.63, 3.8) is 0 Å². The summed E-state index contributed by atoms with van der Waals surface area (Å²) in [6, 6.07) is 10.4. The first-order valence-electron chi connectivity index (χ1n) is 8.63. The van der Waals surface area contributed by atoms with Crippen LogP contribution in [0.25, 0.3) is 0 Å². The molecule has 0 fully saturated rings. The van der Waals surface area contributed by atoms with Crippen LogP contribution in [0.15, 0.2) is 65.6 Å². The second-order valence-electron chi connectivity index (χ2n) is 6.37. The molecule has 168 valence electrons. The third kappa shape index (κ3) is 5.32. The number of benzene rings is 3. The fourth-order valence-electron chi connectivity index (χ4n) is 2.65. The Bertz CT molecular complexity index is 1300. The summed E-state index contributed by atoms with van der Waals surface area (Å²) in [4.78, 5) is 11.7. The van der Waals surface area contributed by atoms with Gasteiger partial charge in [-0.2, -0.15) is 13.2 Å². The van der Waals surface area contributed by atoms with Gasteiger partial charge in [-0.3, -0.25) is 9.52 Å². The van der Waals surface area contributed by atoms with E-state index in [0.717, 1.165) is 24.3 Å². The minimum Gasteiger partial charge on any atom is -0.319 e. The van der Waals surface area contributed by atoms with Gasteiger partial charge in [-0.05, 0) is 48.5 Å². The molecule has 3 aromatic rings. The third-order valence-corrected chi connectivity index (χ3v) is 6.06. The molecule has 5 nitrogen and oxygen atoms in total. The number of para-hydroxylation sites is 1. The molecule has 0 aliphatic carbocycles. The Hall–Kier alpha value is -2.82. The van der Waals surface area contributed by atoms with Gasteiger partial charge in [0.1, 0.15) is 5.82 Å². The van der Waals surface area contributed by atoms with Crippen LogP contribution < -0.4 is 10.0 Å². The molecule has 0 bridgehead atoms. The molecule has 3 rings (SSSR count). The Balaban J connectivity index is 1.85. The minimum absolute atomic E-state index is 0.00223. The number of alkyl halides is 3. The van der Waals surface area contributed by atoms with Gasteiger partial charge in [-0.1, -0.05) is 35.3 Å². The molecule has 12 heteroatoms. The van der Waals surface area contributed by atoms with Crippen LogP contribution >= 0.6 is 23.2 Å². The number of hydrogen-bond donors (Lipinski definition) is 2. The zero-order chi connectivity index (χ0) is 23.7. The number of halogens is 6. The van der Waals surface area contributed by atoms with Crippen molar-refractivity contribution in [1.82, 2.24) is 0 Å². The van der Waals surface area contributed by atoms with Crippen molar-refractivity contribution in [3.8, 4) is 0 Å². The van der Waals surface area contributed by atoms with E-state index in [1.165, 1.54) is 24.3 Å². The minimum atomic E-state index is -4.80. The highest BCUT2D eigenvalue weighted by Crippen LogP contribution is 2.35. The molecule has 0 radical (unpaired) electrons. The Kier molecular flexibility index (Phi) is 6.68. The summed E-state index contributed by atoms with van der Waals surface area (Å²) in [6.07, 6.45) is -4.80. The molecule has 0 aromatic heterocycles. The van der Waals surface area contributed by atoms with Crippen LogP contribution in [0.3, 0.4) is 0 Å². The van der Waals surface area contributed by atoms with E-state index in [-0.39, 0.29) is 21.3 Å². The summed E-state index contributed by atoms with van der Waals surface area (Å²) in [5.41, 5.74) is -2.28. The molecule has 32 heavy (non-hydrogen) atoms. The number of rotatable bonds is 5. The van der Waals surface area contributed by atoms with Crippen LogP contribution in [-0.2, 0) is 16.2 Å². The van der Waals surface area contributed by atoms with Gasteiger partial charge in [0.25, 0.3) is 15.9 Å². The normalized spacial score (nSPS) is 11.8. The van der Waals surface area contributed by atoms with E-state index in [9.17, 15) is 30.8 Å². The maximum absolute atomic E-state index is 14.5. The van der Waals surface area contributed by atoms with Crippen molar-refractivity contribution >= 4 is 50.5 Å². The predicted molar refractivity (Wildman–Crippen MR) is 113 cm³/mol. The third-order valence-electron chi connectivity index (χ3n) is 4.15. The summed E-state index contributed by atoms with van der Waals surface area (Å²) >= 11 is 11.7. The standard InChI is InChI=1S/C20H12Cl2F4N2O3S/c21-11-5-7-13(15(22)9-11)19(29)27-18-8-6-12(10-16(18)23)32(30,31)28-17-4-2-1-3-14(17)20(24,25)26/h1-10,28H,(H,27,29). The summed E-state index contributed by atoms with van der Waals surface area (Å²) in [5, 5.41) is 2.54. The Morgan fingerprint density at radius 2 is 1.59 bits per heavy atom. The lowest BCUT2D eigenvalue weighted by molar-refractivity contribution is -0.136. The number of sulfonamides is 1. The molecule has 1 amide bonds. The van der Waals surface area contributed by atoms with Gasteiger partial charge in [0.2, 0.25) is 0 Å². The van der Waals surface area contributed by atoms with E-state index in [0.29, 0.717) is 12.1 Å². The van der Waals surface area contributed by atoms with Crippen LogP contribution in [-0.4, -0.2) is 14.3 Å². The molecule has 0 unspecified atom stereocenters. The topological polar surface area (TPSA) is 75.3 Å². The molecule has 0 saturated carbocycles. The molecule has 2 N–H and O–H groups in total. The fraction of sp³-hybridized carbons (Fsp3) is 0.0500. The van der Waals surface area contributed by atoms with Gasteiger partial charge in [0.15, 0.2) is 0 Å². The molecule has 0 aliphatic rings. The van der Waals surface area contributed by atoms with Crippen LogP contribution in [0.1, 0.15) is 15.9 Å². The van der Waals surface area contributed by atoms with Crippen LogP contribution in [0.2, 0.25) is 10.0 Å². The van der Waals surface area contributed by atoms with Crippen molar-refractivity contribution in [2.45, 2.75) is 11.1 Å². The van der Waals surface area contributed by atoms with E-state index >= 15 is 0 Å². The van der Waals surface area contributed by atoms with Crippen molar-refractivity contribution < 1.29 is 30.8 Å². The number of amides is 1. The van der Waals surface area contributed by atoms with E-state index in [1.807, 2.05) is 0 Å². The largest absolute Gasteiger partial charge is 0.418 e. The highest BCUT2D eigenvalue weighted by Gasteiger charge is 2.34. The van der Waals surface area contributed by atoms with Crippen LogP contribution in [0.5, 0.6) is 0 Å². The van der Waals surface area contributed by atoms with E-state index < -0.39 is 44.1 Å². The summed E-state index contributed by atoms with van der Waals surface area (Å²) in [5.74, 6) is -1.91. The molecule has 3 aromatic carbocycles. The van der Waals surface area contributed by atoms with E-state index in [2.05, 4.69) is 5.32 Å². The van der Waals surface area contributed by atoms with Gasteiger partial charge in [-0.25, -0.2) is 12.8 Å². The van der Waals surface area contributed by atoms with Crippen LogP contribution in [0.4, 0.5) is 28.9 Å². The fourth-order valence-corrected chi connectivity index (χ4v) is 4.24. The smallest absolute Gasteiger partial charge is 0.319 e. The van der Waals surface area contributed by atoms with Crippen molar-refractivity contribution in [2.24, 2.45) is 0 Å². The van der Waals surface area contributed by atoms with Crippen molar-refractivity contribution in [2.75, 3.05) is 10.0 Å². The first-order chi connectivity index (χ1) is 14.9. The molecule has 0 heterocycles. The Labute approximate surface area is 190 Å². The van der Waals surface area contributed by atoms with Crippen molar-refractivity contribution in [1.29, 1.82) is 0 Å². The van der Waals surface area contributed by atoms with Gasteiger partial charge >= 0.3 is 6.18 Å². The van der Waals surface area contributed by atoms with Crippen LogP contribution in [0, 0.1) is 5.82 Å². The lowest BCUT2D eigenvalue weighted by Gasteiger charge is -2.15. The Morgan fingerprint density at radius 1 is 0.906 bits per heavy atom. The molecule has 0 spiro atoms. The second kappa shape index (κ2) is 8.97. The van der Waals surface area contributed by atoms with Crippen molar-refractivity contribution in [3.05, 3.63) is 87.7 Å². The number of nitrogens with one attached hydrogen (secondary N) is 2. The maximum Gasteiger partial charge on any atom is 0.418 e. The zero-order valence-corrected chi connectivity index (χ0v) is 18.0. The first-order valence-corrected chi connectivity index (χ1v) is 10.9. The predicted octanol–water partition coefficient (Wildman–Crippen LogP) is 6.20. The Morgan fingerprint density at radius 3 is 2.22 bits per heavy atom. The molecule has 0 aliphatic heterocycles. The maximum atomic E-state index is 14.5. The van der Waals surface area contributed by atoms with Gasteiger partial charge < -0.3 is 5.32 Å². The zero-order valence-electron chi connectivity index (χ0n) is 15.7. The molecular formula is C20H12Cl2F4N2O3S. The molecular weight excluding hydrogens is 495 g/mol. The SMILES string of the molecule is O=C(Nc1ccc(S(=O)(=O)Nc2ccccc2C(F)(F)F)cc1F)c1ccc(Cl)cc1Cl. The number of anilines is 2. The molecule has 0 saturated heterocycles. The summed E-state index contributed by atoms with van der Waals surface area (Å²) < 4.78 is 80.6. The highest BCUT2D eigenvalue weighted by atomic mass is 35.5. The van der Waals surface area contributed by atoms with E-state index in [1.54, 1.807) is 4.72 Å². The average Bonchev–Trinajstić information content (AvgIpc) is 2.68. The lowest BCUT2D eigenvalue weighted by atomic mass is 10.2. The summed E-state index contributed by atoms with van der Waals surface area (Å²) in [6.45, 7) is 0. The van der Waals surface area contributed by atoms with E-state index in [4.69, 9.17) is 23.2 Å². The second-order valence-corrected chi connectivity index (χ2v) is 8.89. The monoisotopic (exact) mass is 506 g/mol. The number of carbonyl (C=O) groups is 1. The first kappa shape index (κ1) is 23.8. The number of hydrogen-bond acceptors (Lipinski definition) is 3. The lowest BCUT2D eigenvalue weighted by Crippen LogP contribution is -2.18. The average molecular weight is 507 g/mol. The van der Waals surface area contributed by atoms with Gasteiger partial charge in [0, 0.05) is 5.02 Å². The van der Waals surface area contributed by atoms with Gasteiger partial charge in [-0.15, -0.1) is 0 Å². The summed E-state index contributed by atoms with van der Waals surface area (Å²) in [7, 11) is -4.57. The van der Waals surface area contributed by atoms with Gasteiger partial charge in [0.05, 0.1) is 32.4 Å². The highest BCUT2D eigenvalue weighted by molar-refractivity contribution is 7.92.